The van der Waals surface area contributed by atoms with Gasteiger partial charge in [-0.05, 0) is 44.9 Å². The number of H-pyrrole nitrogens is 1. The molecule has 0 saturated carbocycles. The summed E-state index contributed by atoms with van der Waals surface area (Å²) in [6.07, 6.45) is 0. The molecule has 0 aliphatic rings. The van der Waals surface area contributed by atoms with Gasteiger partial charge < -0.3 is 4.98 Å². The van der Waals surface area contributed by atoms with Crippen LogP contribution in [0.25, 0.3) is 11.4 Å². The number of benzene rings is 1. The van der Waals surface area contributed by atoms with E-state index in [-0.39, 0.29) is 5.56 Å². The molecule has 0 saturated heterocycles. The minimum Gasteiger partial charge on any atom is -0.306 e. The van der Waals surface area contributed by atoms with Crippen molar-refractivity contribution in [2.75, 3.05) is 0 Å². The smallest absolute Gasteiger partial charge is 0.254 e. The number of rotatable bonds is 1. The second kappa shape index (κ2) is 4.17. The summed E-state index contributed by atoms with van der Waals surface area (Å²) >= 11 is 0. The molecule has 0 aliphatic heterocycles. The molecule has 2 aromatic rings. The maximum absolute atomic E-state index is 11.7. The highest BCUT2D eigenvalue weighted by Gasteiger charge is 2.06. The molecule has 0 bridgehead atoms. The topological polar surface area (TPSA) is 45.8 Å². The van der Waals surface area contributed by atoms with E-state index in [1.54, 1.807) is 6.92 Å². The first-order valence-electron chi connectivity index (χ1n) is 5.64. The SMILES string of the molecule is Cc1ccc(-c2nc(C)c(C)c(=O)[nH]2)cc1C. The van der Waals surface area contributed by atoms with Gasteiger partial charge in [0.25, 0.3) is 5.56 Å². The van der Waals surface area contributed by atoms with Crippen molar-refractivity contribution in [1.82, 2.24) is 9.97 Å². The third-order valence-corrected chi connectivity index (χ3v) is 3.18. The molecule has 3 heteroatoms. The third kappa shape index (κ3) is 2.13. The predicted molar refractivity (Wildman–Crippen MR) is 69.2 cm³/mol. The Labute approximate surface area is 101 Å². The molecule has 88 valence electrons. The lowest BCUT2D eigenvalue weighted by molar-refractivity contribution is 1.03. The van der Waals surface area contributed by atoms with Crippen LogP contribution < -0.4 is 5.56 Å². The zero-order chi connectivity index (χ0) is 12.6. The van der Waals surface area contributed by atoms with E-state index in [1.807, 2.05) is 25.1 Å². The Morgan fingerprint density at radius 1 is 1.06 bits per heavy atom. The Kier molecular flexibility index (Phi) is 2.84. The monoisotopic (exact) mass is 228 g/mol. The van der Waals surface area contributed by atoms with E-state index in [9.17, 15) is 4.79 Å². The molecule has 0 amide bonds. The van der Waals surface area contributed by atoms with Crippen molar-refractivity contribution in [2.24, 2.45) is 0 Å². The molecule has 0 atom stereocenters. The van der Waals surface area contributed by atoms with Crippen molar-refractivity contribution in [3.63, 3.8) is 0 Å². The number of aromatic nitrogens is 2. The van der Waals surface area contributed by atoms with Crippen LogP contribution in [0.4, 0.5) is 0 Å². The van der Waals surface area contributed by atoms with Crippen molar-refractivity contribution in [3.05, 3.63) is 50.9 Å². The molecule has 0 aliphatic carbocycles. The van der Waals surface area contributed by atoms with Gasteiger partial charge in [-0.15, -0.1) is 0 Å². The Bertz CT molecular complexity index is 627. The molecule has 17 heavy (non-hydrogen) atoms. The first-order valence-corrected chi connectivity index (χ1v) is 5.64. The molecule has 3 nitrogen and oxygen atoms in total. The largest absolute Gasteiger partial charge is 0.306 e. The van der Waals surface area contributed by atoms with E-state index in [1.165, 1.54) is 11.1 Å². The lowest BCUT2D eigenvalue weighted by atomic mass is 10.1. The van der Waals surface area contributed by atoms with Gasteiger partial charge in [-0.1, -0.05) is 12.1 Å². The molecule has 1 N–H and O–H groups in total. The van der Waals surface area contributed by atoms with Crippen LogP contribution in [0.3, 0.4) is 0 Å². The van der Waals surface area contributed by atoms with E-state index >= 15 is 0 Å². The fraction of sp³-hybridized carbons (Fsp3) is 0.286. The van der Waals surface area contributed by atoms with E-state index in [0.29, 0.717) is 11.4 Å². The fourth-order valence-corrected chi connectivity index (χ4v) is 1.67. The molecule has 1 heterocycles. The molecular formula is C14H16N2O. The van der Waals surface area contributed by atoms with E-state index in [4.69, 9.17) is 0 Å². The van der Waals surface area contributed by atoms with Crippen LogP contribution in [0.2, 0.25) is 0 Å². The van der Waals surface area contributed by atoms with Crippen molar-refractivity contribution in [3.8, 4) is 11.4 Å². The number of aromatic amines is 1. The summed E-state index contributed by atoms with van der Waals surface area (Å²) in [6.45, 7) is 7.76. The Balaban J connectivity index is 2.61. The standard InChI is InChI=1S/C14H16N2O/c1-8-5-6-12(7-9(8)2)13-15-11(4)10(3)14(17)16-13/h5-7H,1-4H3,(H,15,16,17). The molecule has 1 aromatic heterocycles. The van der Waals surface area contributed by atoms with Gasteiger partial charge in [-0.2, -0.15) is 0 Å². The molecule has 0 fully saturated rings. The maximum atomic E-state index is 11.7. The third-order valence-electron chi connectivity index (χ3n) is 3.18. The van der Waals surface area contributed by atoms with Gasteiger partial charge in [0.1, 0.15) is 5.82 Å². The van der Waals surface area contributed by atoms with Crippen molar-refractivity contribution in [2.45, 2.75) is 27.7 Å². The van der Waals surface area contributed by atoms with E-state index < -0.39 is 0 Å². The van der Waals surface area contributed by atoms with Gasteiger partial charge in [-0.3, -0.25) is 4.79 Å². The number of nitrogens with zero attached hydrogens (tertiary/aromatic N) is 1. The highest BCUT2D eigenvalue weighted by molar-refractivity contribution is 5.57. The molecule has 2 rings (SSSR count). The summed E-state index contributed by atoms with van der Waals surface area (Å²) in [5.74, 6) is 0.640. The average Bonchev–Trinajstić information content (AvgIpc) is 2.29. The molecule has 0 unspecified atom stereocenters. The molecular weight excluding hydrogens is 212 g/mol. The zero-order valence-electron chi connectivity index (χ0n) is 10.6. The summed E-state index contributed by atoms with van der Waals surface area (Å²) in [4.78, 5) is 18.9. The second-order valence-corrected chi connectivity index (χ2v) is 4.42. The normalized spacial score (nSPS) is 10.6. The molecule has 1 aromatic carbocycles. The van der Waals surface area contributed by atoms with Gasteiger partial charge in [0.2, 0.25) is 0 Å². The van der Waals surface area contributed by atoms with Gasteiger partial charge >= 0.3 is 0 Å². The van der Waals surface area contributed by atoms with E-state index in [2.05, 4.69) is 23.8 Å². The van der Waals surface area contributed by atoms with Gasteiger partial charge in [0.15, 0.2) is 0 Å². The highest BCUT2D eigenvalue weighted by Crippen LogP contribution is 2.18. The first kappa shape index (κ1) is 11.6. The van der Waals surface area contributed by atoms with Gasteiger partial charge in [0.05, 0.1) is 0 Å². The second-order valence-electron chi connectivity index (χ2n) is 4.42. The molecule has 0 radical (unpaired) electrons. The Morgan fingerprint density at radius 2 is 1.76 bits per heavy atom. The van der Waals surface area contributed by atoms with Crippen LogP contribution in [0.1, 0.15) is 22.4 Å². The van der Waals surface area contributed by atoms with Crippen LogP contribution in [-0.4, -0.2) is 9.97 Å². The van der Waals surface area contributed by atoms with Crippen molar-refractivity contribution in [1.29, 1.82) is 0 Å². The first-order chi connectivity index (χ1) is 7.99. The zero-order valence-corrected chi connectivity index (χ0v) is 10.6. The summed E-state index contributed by atoms with van der Waals surface area (Å²) in [5, 5.41) is 0. The fourth-order valence-electron chi connectivity index (χ4n) is 1.67. The lowest BCUT2D eigenvalue weighted by Gasteiger charge is -2.06. The summed E-state index contributed by atoms with van der Waals surface area (Å²) in [5.41, 5.74) is 4.78. The van der Waals surface area contributed by atoms with Crippen LogP contribution in [0, 0.1) is 27.7 Å². The summed E-state index contributed by atoms with van der Waals surface area (Å²) < 4.78 is 0. The lowest BCUT2D eigenvalue weighted by Crippen LogP contribution is -2.14. The minimum atomic E-state index is -0.0641. The number of aryl methyl sites for hydroxylation is 3. The predicted octanol–water partition coefficient (Wildman–Crippen LogP) is 2.67. The van der Waals surface area contributed by atoms with Crippen LogP contribution in [0.15, 0.2) is 23.0 Å². The Hall–Kier alpha value is -1.90. The molecule has 0 spiro atoms. The quantitative estimate of drug-likeness (QED) is 0.815. The highest BCUT2D eigenvalue weighted by atomic mass is 16.1. The van der Waals surface area contributed by atoms with Crippen molar-refractivity contribution >= 4 is 0 Å². The van der Waals surface area contributed by atoms with Crippen molar-refractivity contribution < 1.29 is 0 Å². The Morgan fingerprint density at radius 3 is 2.35 bits per heavy atom. The number of hydrogen-bond donors (Lipinski definition) is 1. The van der Waals surface area contributed by atoms with Gasteiger partial charge in [0, 0.05) is 16.8 Å². The van der Waals surface area contributed by atoms with Crippen LogP contribution in [-0.2, 0) is 0 Å². The summed E-state index contributed by atoms with van der Waals surface area (Å²) in [7, 11) is 0. The van der Waals surface area contributed by atoms with Crippen LogP contribution >= 0.6 is 0 Å². The minimum absolute atomic E-state index is 0.0641. The van der Waals surface area contributed by atoms with E-state index in [0.717, 1.165) is 11.3 Å². The number of nitrogens with one attached hydrogen (secondary N) is 1. The summed E-state index contributed by atoms with van der Waals surface area (Å²) in [6, 6.07) is 6.07. The number of hydrogen-bond acceptors (Lipinski definition) is 2. The average molecular weight is 228 g/mol. The maximum Gasteiger partial charge on any atom is 0.254 e. The van der Waals surface area contributed by atoms with Crippen LogP contribution in [0.5, 0.6) is 0 Å². The van der Waals surface area contributed by atoms with Gasteiger partial charge in [-0.25, -0.2) is 4.98 Å².